The summed E-state index contributed by atoms with van der Waals surface area (Å²) in [5.74, 6) is -1.21. The molecule has 0 aliphatic rings. The van der Waals surface area contributed by atoms with E-state index in [2.05, 4.69) is 20.9 Å². The number of nitrogens with zero attached hydrogens (tertiary/aromatic N) is 1. The van der Waals surface area contributed by atoms with Crippen molar-refractivity contribution in [2.75, 3.05) is 5.73 Å². The van der Waals surface area contributed by atoms with Gasteiger partial charge in [-0.15, -0.1) is 0 Å². The molecule has 0 bridgehead atoms. The Bertz CT molecular complexity index is 599. The summed E-state index contributed by atoms with van der Waals surface area (Å²) in [6.07, 6.45) is 3.20. The number of hydrogen-bond acceptors (Lipinski definition) is 4. The number of rotatable bonds is 3. The zero-order chi connectivity index (χ0) is 13.8. The van der Waals surface area contributed by atoms with E-state index in [9.17, 15) is 9.18 Å². The Balaban J connectivity index is 2.05. The highest BCUT2D eigenvalue weighted by atomic mass is 79.9. The average Bonchev–Trinajstić information content (AvgIpc) is 2.35. The third kappa shape index (κ3) is 3.75. The number of carbonyl (C=O) groups excluding carboxylic acids is 1. The minimum absolute atomic E-state index is 0.0572. The molecule has 0 radical (unpaired) electrons. The summed E-state index contributed by atoms with van der Waals surface area (Å²) in [5.41, 5.74) is 6.45. The van der Waals surface area contributed by atoms with Crippen molar-refractivity contribution in [2.45, 2.75) is 6.61 Å². The Morgan fingerprint density at radius 1 is 1.32 bits per heavy atom. The summed E-state index contributed by atoms with van der Waals surface area (Å²) in [6, 6.07) is 5.36. The SMILES string of the molecule is Nc1cc(F)cc(C(=O)OCc2cncc(Br)c2)c1. The number of pyridine rings is 1. The van der Waals surface area contributed by atoms with Crippen LogP contribution < -0.4 is 5.73 Å². The normalized spacial score (nSPS) is 10.2. The van der Waals surface area contributed by atoms with Crippen LogP contribution in [0.1, 0.15) is 15.9 Å². The molecule has 0 aliphatic carbocycles. The number of benzene rings is 1. The quantitative estimate of drug-likeness (QED) is 0.696. The molecule has 2 rings (SSSR count). The Hall–Kier alpha value is -1.95. The van der Waals surface area contributed by atoms with Crippen LogP contribution in [-0.2, 0) is 11.3 Å². The molecule has 19 heavy (non-hydrogen) atoms. The number of halogens is 2. The van der Waals surface area contributed by atoms with Crippen molar-refractivity contribution in [1.29, 1.82) is 0 Å². The fraction of sp³-hybridized carbons (Fsp3) is 0.0769. The van der Waals surface area contributed by atoms with Crippen LogP contribution in [0.5, 0.6) is 0 Å². The molecule has 2 N–H and O–H groups in total. The lowest BCUT2D eigenvalue weighted by atomic mass is 10.2. The second-order valence-electron chi connectivity index (χ2n) is 3.86. The molecule has 1 aromatic heterocycles. The smallest absolute Gasteiger partial charge is 0.338 e. The van der Waals surface area contributed by atoms with E-state index in [4.69, 9.17) is 10.5 Å². The Morgan fingerprint density at radius 3 is 2.79 bits per heavy atom. The maximum absolute atomic E-state index is 13.1. The second kappa shape index (κ2) is 5.79. The van der Waals surface area contributed by atoms with Gasteiger partial charge in [0.2, 0.25) is 0 Å². The van der Waals surface area contributed by atoms with Gasteiger partial charge in [0.15, 0.2) is 0 Å². The molecule has 2 aromatic rings. The topological polar surface area (TPSA) is 65.2 Å². The minimum atomic E-state index is -0.633. The van der Waals surface area contributed by atoms with Crippen LogP contribution in [-0.4, -0.2) is 11.0 Å². The van der Waals surface area contributed by atoms with Gasteiger partial charge in [0.1, 0.15) is 12.4 Å². The van der Waals surface area contributed by atoms with Crippen molar-refractivity contribution < 1.29 is 13.9 Å². The maximum atomic E-state index is 13.1. The summed E-state index contributed by atoms with van der Waals surface area (Å²) in [4.78, 5) is 15.7. The van der Waals surface area contributed by atoms with Gasteiger partial charge in [-0.05, 0) is 40.2 Å². The molecule has 4 nitrogen and oxygen atoms in total. The van der Waals surface area contributed by atoms with Gasteiger partial charge in [0, 0.05) is 28.1 Å². The zero-order valence-corrected chi connectivity index (χ0v) is 11.4. The van der Waals surface area contributed by atoms with Crippen LogP contribution in [0.15, 0.2) is 41.1 Å². The lowest BCUT2D eigenvalue weighted by Crippen LogP contribution is -2.06. The van der Waals surface area contributed by atoms with Crippen LogP contribution in [0.4, 0.5) is 10.1 Å². The van der Waals surface area contributed by atoms with E-state index in [1.54, 1.807) is 18.5 Å². The molecule has 0 saturated carbocycles. The van der Waals surface area contributed by atoms with Crippen molar-refractivity contribution in [1.82, 2.24) is 4.98 Å². The second-order valence-corrected chi connectivity index (χ2v) is 4.78. The van der Waals surface area contributed by atoms with E-state index in [0.717, 1.165) is 22.2 Å². The van der Waals surface area contributed by atoms with Gasteiger partial charge >= 0.3 is 5.97 Å². The first-order valence-electron chi connectivity index (χ1n) is 5.37. The highest BCUT2D eigenvalue weighted by molar-refractivity contribution is 9.10. The summed E-state index contributed by atoms with van der Waals surface area (Å²) in [5, 5.41) is 0. The van der Waals surface area contributed by atoms with E-state index in [1.807, 2.05) is 0 Å². The number of carbonyl (C=O) groups is 1. The number of anilines is 1. The average molecular weight is 325 g/mol. The lowest BCUT2D eigenvalue weighted by Gasteiger charge is -2.06. The van der Waals surface area contributed by atoms with Crippen molar-refractivity contribution in [3.8, 4) is 0 Å². The molecule has 0 spiro atoms. The molecular formula is C13H10BrFN2O2. The van der Waals surface area contributed by atoms with Gasteiger partial charge in [-0.2, -0.15) is 0 Å². The number of aromatic nitrogens is 1. The van der Waals surface area contributed by atoms with Crippen molar-refractivity contribution >= 4 is 27.6 Å². The predicted molar refractivity (Wildman–Crippen MR) is 71.9 cm³/mol. The fourth-order valence-electron chi connectivity index (χ4n) is 1.50. The third-order valence-corrected chi connectivity index (χ3v) is 2.72. The summed E-state index contributed by atoms with van der Waals surface area (Å²) < 4.78 is 18.9. The molecule has 6 heteroatoms. The number of nitrogens with two attached hydrogens (primary N) is 1. The van der Waals surface area contributed by atoms with Gasteiger partial charge in [-0.1, -0.05) is 0 Å². The first-order valence-corrected chi connectivity index (χ1v) is 6.16. The molecular weight excluding hydrogens is 315 g/mol. The lowest BCUT2D eigenvalue weighted by molar-refractivity contribution is 0.0472. The van der Waals surface area contributed by atoms with E-state index in [-0.39, 0.29) is 17.9 Å². The van der Waals surface area contributed by atoms with Crippen LogP contribution in [0.3, 0.4) is 0 Å². The molecule has 1 heterocycles. The van der Waals surface area contributed by atoms with E-state index in [1.165, 1.54) is 6.07 Å². The van der Waals surface area contributed by atoms with Crippen molar-refractivity contribution in [2.24, 2.45) is 0 Å². The third-order valence-electron chi connectivity index (χ3n) is 2.29. The van der Waals surface area contributed by atoms with Crippen LogP contribution in [0, 0.1) is 5.82 Å². The summed E-state index contributed by atoms with van der Waals surface area (Å²) in [7, 11) is 0. The minimum Gasteiger partial charge on any atom is -0.457 e. The van der Waals surface area contributed by atoms with Gasteiger partial charge in [0.05, 0.1) is 5.56 Å². The summed E-state index contributed by atoms with van der Waals surface area (Å²) >= 11 is 3.26. The predicted octanol–water partition coefficient (Wildman–Crippen LogP) is 2.92. The maximum Gasteiger partial charge on any atom is 0.338 e. The number of esters is 1. The number of nitrogen functional groups attached to an aromatic ring is 1. The Labute approximate surface area is 117 Å². The molecule has 0 amide bonds. The van der Waals surface area contributed by atoms with E-state index < -0.39 is 11.8 Å². The Kier molecular flexibility index (Phi) is 4.11. The van der Waals surface area contributed by atoms with Gasteiger partial charge in [-0.3, -0.25) is 4.98 Å². The monoisotopic (exact) mass is 324 g/mol. The fourth-order valence-corrected chi connectivity index (χ4v) is 1.91. The highest BCUT2D eigenvalue weighted by Crippen LogP contribution is 2.14. The van der Waals surface area contributed by atoms with Crippen molar-refractivity contribution in [3.05, 3.63) is 58.1 Å². The largest absolute Gasteiger partial charge is 0.457 e. The molecule has 1 aromatic carbocycles. The van der Waals surface area contributed by atoms with Gasteiger partial charge in [0.25, 0.3) is 0 Å². The van der Waals surface area contributed by atoms with Crippen LogP contribution >= 0.6 is 15.9 Å². The Morgan fingerprint density at radius 2 is 2.11 bits per heavy atom. The molecule has 0 fully saturated rings. The zero-order valence-electron chi connectivity index (χ0n) is 9.77. The van der Waals surface area contributed by atoms with Crippen LogP contribution in [0.25, 0.3) is 0 Å². The van der Waals surface area contributed by atoms with Gasteiger partial charge < -0.3 is 10.5 Å². The summed E-state index contributed by atoms with van der Waals surface area (Å²) in [6.45, 7) is 0.0572. The van der Waals surface area contributed by atoms with E-state index >= 15 is 0 Å². The van der Waals surface area contributed by atoms with Crippen LogP contribution in [0.2, 0.25) is 0 Å². The first-order chi connectivity index (χ1) is 9.04. The highest BCUT2D eigenvalue weighted by Gasteiger charge is 2.10. The van der Waals surface area contributed by atoms with Gasteiger partial charge in [-0.25, -0.2) is 9.18 Å². The standard InChI is InChI=1S/C13H10BrFN2O2/c14-10-1-8(5-17-6-10)7-19-13(18)9-2-11(15)4-12(16)3-9/h1-6H,7,16H2. The van der Waals surface area contributed by atoms with E-state index in [0.29, 0.717) is 0 Å². The first kappa shape index (κ1) is 13.5. The number of hydrogen-bond donors (Lipinski definition) is 1. The molecule has 0 aliphatic heterocycles. The molecule has 98 valence electrons. The molecule has 0 atom stereocenters. The number of ether oxygens (including phenoxy) is 1. The molecule has 0 unspecified atom stereocenters. The van der Waals surface area contributed by atoms with Crippen molar-refractivity contribution in [3.63, 3.8) is 0 Å². The molecule has 0 saturated heterocycles.